The van der Waals surface area contributed by atoms with Crippen molar-refractivity contribution in [2.24, 2.45) is 0 Å². The number of amides is 1. The number of nitrogens with zero attached hydrogens (tertiary/aromatic N) is 1. The van der Waals surface area contributed by atoms with Crippen LogP contribution in [0.2, 0.25) is 5.15 Å². The smallest absolute Gasteiger partial charge is 0.269 e. The van der Waals surface area contributed by atoms with E-state index in [-0.39, 0.29) is 5.91 Å². The van der Waals surface area contributed by atoms with Gasteiger partial charge < -0.3 is 5.32 Å². The molecule has 0 atom stereocenters. The van der Waals surface area contributed by atoms with Crippen molar-refractivity contribution in [1.29, 1.82) is 0 Å². The molecule has 12 heavy (non-hydrogen) atoms. The van der Waals surface area contributed by atoms with Crippen LogP contribution in [-0.4, -0.2) is 17.4 Å². The number of hydrogen-bond acceptors (Lipinski definition) is 2. The summed E-state index contributed by atoms with van der Waals surface area (Å²) >= 11 is 5.60. The maximum atomic E-state index is 11.2. The van der Waals surface area contributed by atoms with Gasteiger partial charge in [-0.2, -0.15) is 0 Å². The van der Waals surface area contributed by atoms with Gasteiger partial charge in [-0.05, 0) is 19.1 Å². The first-order chi connectivity index (χ1) is 5.74. The maximum Gasteiger partial charge on any atom is 0.269 e. The lowest BCUT2D eigenvalue weighted by Gasteiger charge is -2.00. The van der Waals surface area contributed by atoms with Crippen molar-refractivity contribution in [3.05, 3.63) is 29.0 Å². The summed E-state index contributed by atoms with van der Waals surface area (Å²) in [6, 6.07) is 4.95. The molecule has 0 spiro atoms. The predicted molar refractivity (Wildman–Crippen MR) is 47.3 cm³/mol. The first kappa shape index (κ1) is 9.00. The van der Waals surface area contributed by atoms with Gasteiger partial charge in [0.1, 0.15) is 10.8 Å². The van der Waals surface area contributed by atoms with E-state index in [0.29, 0.717) is 17.4 Å². The molecule has 0 bridgehead atoms. The maximum absolute atomic E-state index is 11.2. The second kappa shape index (κ2) is 4.07. The van der Waals surface area contributed by atoms with Gasteiger partial charge in [-0.15, -0.1) is 0 Å². The molecule has 0 aliphatic rings. The van der Waals surface area contributed by atoms with E-state index < -0.39 is 0 Å². The second-order valence-electron chi connectivity index (χ2n) is 2.21. The van der Waals surface area contributed by atoms with Crippen molar-refractivity contribution in [3.8, 4) is 0 Å². The fourth-order valence-electron chi connectivity index (χ4n) is 0.786. The third-order valence-electron chi connectivity index (χ3n) is 1.29. The van der Waals surface area contributed by atoms with Crippen molar-refractivity contribution in [3.63, 3.8) is 0 Å². The van der Waals surface area contributed by atoms with E-state index in [9.17, 15) is 4.79 Å². The standard InChI is InChI=1S/C8H9ClN2O/c1-2-10-8(12)6-4-3-5-7(9)11-6/h3-5H,2H2,1H3,(H,10,12). The van der Waals surface area contributed by atoms with Gasteiger partial charge in [0.25, 0.3) is 5.91 Å². The second-order valence-corrected chi connectivity index (χ2v) is 2.59. The fourth-order valence-corrected chi connectivity index (χ4v) is 0.950. The molecule has 0 aliphatic carbocycles. The summed E-state index contributed by atoms with van der Waals surface area (Å²) in [4.78, 5) is 15.0. The Balaban J connectivity index is 2.81. The Morgan fingerprint density at radius 1 is 1.67 bits per heavy atom. The zero-order valence-corrected chi connectivity index (χ0v) is 7.43. The van der Waals surface area contributed by atoms with Crippen molar-refractivity contribution < 1.29 is 4.79 Å². The van der Waals surface area contributed by atoms with Crippen molar-refractivity contribution in [2.45, 2.75) is 6.92 Å². The SMILES string of the molecule is CCNC(=O)c1cccc(Cl)n1. The number of halogens is 1. The van der Waals surface area contributed by atoms with Crippen molar-refractivity contribution >= 4 is 17.5 Å². The fraction of sp³-hybridized carbons (Fsp3) is 0.250. The van der Waals surface area contributed by atoms with E-state index in [0.717, 1.165) is 0 Å². The lowest BCUT2D eigenvalue weighted by atomic mass is 10.3. The third-order valence-corrected chi connectivity index (χ3v) is 1.50. The average Bonchev–Trinajstić information content (AvgIpc) is 2.05. The Hall–Kier alpha value is -1.09. The number of aromatic nitrogens is 1. The minimum atomic E-state index is -0.194. The number of pyridine rings is 1. The Kier molecular flexibility index (Phi) is 3.05. The van der Waals surface area contributed by atoms with E-state index in [1.807, 2.05) is 6.92 Å². The monoisotopic (exact) mass is 184 g/mol. The van der Waals surface area contributed by atoms with Gasteiger partial charge in [0.05, 0.1) is 0 Å². The lowest BCUT2D eigenvalue weighted by Crippen LogP contribution is -2.23. The van der Waals surface area contributed by atoms with Gasteiger partial charge >= 0.3 is 0 Å². The molecule has 64 valence electrons. The molecule has 1 N–H and O–H groups in total. The highest BCUT2D eigenvalue weighted by Gasteiger charge is 2.04. The summed E-state index contributed by atoms with van der Waals surface area (Å²) in [5.41, 5.74) is 0.351. The van der Waals surface area contributed by atoms with Gasteiger partial charge in [-0.1, -0.05) is 17.7 Å². The summed E-state index contributed by atoms with van der Waals surface area (Å²) in [5, 5.41) is 2.96. The first-order valence-corrected chi connectivity index (χ1v) is 4.02. The van der Waals surface area contributed by atoms with Crippen LogP contribution < -0.4 is 5.32 Å². The summed E-state index contributed by atoms with van der Waals surface area (Å²) in [6.07, 6.45) is 0. The van der Waals surface area contributed by atoms with Gasteiger partial charge in [-0.3, -0.25) is 4.79 Å². The zero-order valence-electron chi connectivity index (χ0n) is 6.67. The van der Waals surface area contributed by atoms with Crippen LogP contribution in [0, 0.1) is 0 Å². The number of hydrogen-bond donors (Lipinski definition) is 1. The molecular weight excluding hydrogens is 176 g/mol. The van der Waals surface area contributed by atoms with Crippen LogP contribution in [0.5, 0.6) is 0 Å². The van der Waals surface area contributed by atoms with E-state index in [1.165, 1.54) is 0 Å². The van der Waals surface area contributed by atoms with E-state index in [1.54, 1.807) is 18.2 Å². The van der Waals surface area contributed by atoms with Gasteiger partial charge in [0.15, 0.2) is 0 Å². The molecule has 0 radical (unpaired) electrons. The Morgan fingerprint density at radius 2 is 2.42 bits per heavy atom. The van der Waals surface area contributed by atoms with E-state index in [4.69, 9.17) is 11.6 Å². The number of nitrogens with one attached hydrogen (secondary N) is 1. The van der Waals surface area contributed by atoms with Gasteiger partial charge in [0.2, 0.25) is 0 Å². The highest BCUT2D eigenvalue weighted by atomic mass is 35.5. The lowest BCUT2D eigenvalue weighted by molar-refractivity contribution is 0.0951. The number of rotatable bonds is 2. The van der Waals surface area contributed by atoms with E-state index >= 15 is 0 Å². The molecule has 1 rings (SSSR count). The van der Waals surface area contributed by atoms with Crippen LogP contribution in [0.3, 0.4) is 0 Å². The molecule has 0 aliphatic heterocycles. The minimum Gasteiger partial charge on any atom is -0.351 e. The van der Waals surface area contributed by atoms with Crippen LogP contribution in [0.25, 0.3) is 0 Å². The topological polar surface area (TPSA) is 42.0 Å². The van der Waals surface area contributed by atoms with Gasteiger partial charge in [-0.25, -0.2) is 4.98 Å². The number of carbonyl (C=O) groups excluding carboxylic acids is 1. The quantitative estimate of drug-likeness (QED) is 0.708. The van der Waals surface area contributed by atoms with Gasteiger partial charge in [0, 0.05) is 6.54 Å². The molecule has 3 nitrogen and oxygen atoms in total. The van der Waals surface area contributed by atoms with Crippen LogP contribution in [0.4, 0.5) is 0 Å². The molecule has 4 heteroatoms. The molecule has 0 saturated carbocycles. The van der Waals surface area contributed by atoms with Crippen LogP contribution in [-0.2, 0) is 0 Å². The Bertz CT molecular complexity index is 288. The molecule has 1 aromatic heterocycles. The van der Waals surface area contributed by atoms with Crippen LogP contribution in [0.1, 0.15) is 17.4 Å². The third kappa shape index (κ3) is 2.20. The summed E-state index contributed by atoms with van der Waals surface area (Å²) in [7, 11) is 0. The van der Waals surface area contributed by atoms with Crippen molar-refractivity contribution in [1.82, 2.24) is 10.3 Å². The first-order valence-electron chi connectivity index (χ1n) is 3.64. The average molecular weight is 185 g/mol. The minimum absolute atomic E-state index is 0.194. The van der Waals surface area contributed by atoms with Crippen LogP contribution in [0.15, 0.2) is 18.2 Å². The molecule has 1 aromatic rings. The highest BCUT2D eigenvalue weighted by Crippen LogP contribution is 2.04. The molecule has 1 amide bonds. The normalized spacial score (nSPS) is 9.50. The molecule has 0 saturated heterocycles. The van der Waals surface area contributed by atoms with Crippen molar-refractivity contribution in [2.75, 3.05) is 6.54 Å². The highest BCUT2D eigenvalue weighted by molar-refractivity contribution is 6.29. The molecule has 0 fully saturated rings. The molecule has 0 unspecified atom stereocenters. The summed E-state index contributed by atoms with van der Waals surface area (Å²) < 4.78 is 0. The summed E-state index contributed by atoms with van der Waals surface area (Å²) in [6.45, 7) is 2.44. The molecule has 1 heterocycles. The number of carbonyl (C=O) groups is 1. The Morgan fingerprint density at radius 3 is 3.00 bits per heavy atom. The van der Waals surface area contributed by atoms with E-state index in [2.05, 4.69) is 10.3 Å². The summed E-state index contributed by atoms with van der Waals surface area (Å²) in [5.74, 6) is -0.194. The predicted octanol–water partition coefficient (Wildman–Crippen LogP) is 1.48. The zero-order chi connectivity index (χ0) is 8.97. The van der Waals surface area contributed by atoms with Crippen LogP contribution >= 0.6 is 11.6 Å². The largest absolute Gasteiger partial charge is 0.351 e. The molecule has 0 aromatic carbocycles. The molecular formula is C8H9ClN2O. The Labute approximate surface area is 75.8 Å².